The van der Waals surface area contributed by atoms with Crippen molar-refractivity contribution in [3.05, 3.63) is 30.1 Å². The van der Waals surface area contributed by atoms with Crippen molar-refractivity contribution in [1.82, 2.24) is 9.88 Å². The lowest BCUT2D eigenvalue weighted by Crippen LogP contribution is -2.31. The summed E-state index contributed by atoms with van der Waals surface area (Å²) in [7, 11) is 2.04. The lowest BCUT2D eigenvalue weighted by atomic mass is 10.1. The second-order valence-electron chi connectivity index (χ2n) is 3.53. The van der Waals surface area contributed by atoms with Crippen molar-refractivity contribution in [3.8, 4) is 12.3 Å². The Morgan fingerprint density at radius 1 is 1.64 bits per heavy atom. The van der Waals surface area contributed by atoms with Gasteiger partial charge in [0.05, 0.1) is 6.54 Å². The number of hydrogen-bond donors (Lipinski definition) is 0. The van der Waals surface area contributed by atoms with Gasteiger partial charge < -0.3 is 0 Å². The average molecular weight is 188 g/mol. The molecule has 0 saturated carbocycles. The zero-order valence-electron chi connectivity index (χ0n) is 8.77. The molecule has 74 valence electrons. The smallest absolute Gasteiger partial charge is 0.0598 e. The Labute approximate surface area is 86.0 Å². The molecule has 1 heterocycles. The van der Waals surface area contributed by atoms with Crippen molar-refractivity contribution in [2.75, 3.05) is 13.6 Å². The second-order valence-corrected chi connectivity index (χ2v) is 3.53. The van der Waals surface area contributed by atoms with Crippen LogP contribution in [0.4, 0.5) is 0 Å². The van der Waals surface area contributed by atoms with Crippen LogP contribution in [0.25, 0.3) is 0 Å². The summed E-state index contributed by atoms with van der Waals surface area (Å²) >= 11 is 0. The van der Waals surface area contributed by atoms with Crippen LogP contribution in [0.1, 0.15) is 12.5 Å². The molecule has 1 rings (SSSR count). The first-order valence-electron chi connectivity index (χ1n) is 4.76. The summed E-state index contributed by atoms with van der Waals surface area (Å²) < 4.78 is 0. The maximum absolute atomic E-state index is 5.26. The summed E-state index contributed by atoms with van der Waals surface area (Å²) in [5.41, 5.74) is 1.25. The summed E-state index contributed by atoms with van der Waals surface area (Å²) in [6.07, 6.45) is 9.94. The van der Waals surface area contributed by atoms with E-state index in [1.807, 2.05) is 19.3 Å². The Bertz CT molecular complexity index is 300. The van der Waals surface area contributed by atoms with Gasteiger partial charge in [0.2, 0.25) is 0 Å². The van der Waals surface area contributed by atoms with Gasteiger partial charge in [0.25, 0.3) is 0 Å². The minimum absolute atomic E-state index is 0.454. The van der Waals surface area contributed by atoms with E-state index in [1.165, 1.54) is 5.56 Å². The van der Waals surface area contributed by atoms with Crippen molar-refractivity contribution < 1.29 is 0 Å². The molecule has 0 amide bonds. The molecule has 0 N–H and O–H groups in total. The molecule has 0 bridgehead atoms. The van der Waals surface area contributed by atoms with Crippen LogP contribution in [0.5, 0.6) is 0 Å². The first-order chi connectivity index (χ1) is 6.74. The second kappa shape index (κ2) is 5.41. The van der Waals surface area contributed by atoms with Crippen LogP contribution in [0.3, 0.4) is 0 Å². The van der Waals surface area contributed by atoms with E-state index in [2.05, 4.69) is 28.8 Å². The minimum Gasteiger partial charge on any atom is -0.292 e. The first kappa shape index (κ1) is 10.7. The first-order valence-corrected chi connectivity index (χ1v) is 4.76. The summed E-state index contributed by atoms with van der Waals surface area (Å²) in [6, 6.07) is 4.51. The molecular weight excluding hydrogens is 172 g/mol. The molecule has 14 heavy (non-hydrogen) atoms. The molecule has 0 spiro atoms. The topological polar surface area (TPSA) is 16.1 Å². The van der Waals surface area contributed by atoms with Gasteiger partial charge in [-0.2, -0.15) is 0 Å². The molecule has 2 nitrogen and oxygen atoms in total. The molecule has 0 unspecified atom stereocenters. The summed E-state index contributed by atoms with van der Waals surface area (Å²) in [5.74, 6) is 2.64. The van der Waals surface area contributed by atoms with Gasteiger partial charge in [0, 0.05) is 18.4 Å². The third-order valence-electron chi connectivity index (χ3n) is 2.35. The van der Waals surface area contributed by atoms with Gasteiger partial charge in [0.1, 0.15) is 0 Å². The number of nitrogens with zero attached hydrogens (tertiary/aromatic N) is 2. The van der Waals surface area contributed by atoms with Crippen LogP contribution in [0.2, 0.25) is 0 Å². The molecule has 0 aliphatic carbocycles. The molecule has 1 aromatic rings. The third kappa shape index (κ3) is 3.20. The lowest BCUT2D eigenvalue weighted by Gasteiger charge is -2.22. The van der Waals surface area contributed by atoms with Gasteiger partial charge in [-0.15, -0.1) is 6.42 Å². The lowest BCUT2D eigenvalue weighted by molar-refractivity contribution is 0.287. The largest absolute Gasteiger partial charge is 0.292 e. The van der Waals surface area contributed by atoms with Crippen molar-refractivity contribution in [2.24, 2.45) is 0 Å². The Balaban J connectivity index is 2.49. The third-order valence-corrected chi connectivity index (χ3v) is 2.35. The molecule has 1 atom stereocenters. The normalized spacial score (nSPS) is 12.4. The SMILES string of the molecule is C#CCN(C)[C@H](C)Cc1cccnc1. The van der Waals surface area contributed by atoms with E-state index in [0.29, 0.717) is 12.6 Å². The molecule has 0 fully saturated rings. The Hall–Kier alpha value is -1.33. The van der Waals surface area contributed by atoms with E-state index in [0.717, 1.165) is 6.42 Å². The monoisotopic (exact) mass is 188 g/mol. The van der Waals surface area contributed by atoms with Gasteiger partial charge >= 0.3 is 0 Å². The molecule has 0 saturated heterocycles. The predicted octanol–water partition coefficient (Wildman–Crippen LogP) is 1.58. The molecular formula is C12H16N2. The van der Waals surface area contributed by atoms with E-state index in [4.69, 9.17) is 6.42 Å². The number of rotatable bonds is 4. The Kier molecular flexibility index (Phi) is 4.15. The zero-order valence-corrected chi connectivity index (χ0v) is 8.77. The van der Waals surface area contributed by atoms with Crippen LogP contribution >= 0.6 is 0 Å². The maximum atomic E-state index is 5.26. The zero-order chi connectivity index (χ0) is 10.4. The van der Waals surface area contributed by atoms with Crippen LogP contribution in [-0.4, -0.2) is 29.5 Å². The molecule has 0 aliphatic rings. The van der Waals surface area contributed by atoms with Crippen LogP contribution in [0, 0.1) is 12.3 Å². The Morgan fingerprint density at radius 3 is 3.00 bits per heavy atom. The quantitative estimate of drug-likeness (QED) is 0.667. The molecule has 0 aliphatic heterocycles. The highest BCUT2D eigenvalue weighted by atomic mass is 15.1. The van der Waals surface area contributed by atoms with E-state index in [1.54, 1.807) is 6.20 Å². The Morgan fingerprint density at radius 2 is 2.43 bits per heavy atom. The van der Waals surface area contributed by atoms with Crippen LogP contribution in [0.15, 0.2) is 24.5 Å². The number of aromatic nitrogens is 1. The fourth-order valence-electron chi connectivity index (χ4n) is 1.32. The number of likely N-dealkylation sites (N-methyl/N-ethyl adjacent to an activating group) is 1. The fourth-order valence-corrected chi connectivity index (χ4v) is 1.32. The van der Waals surface area contributed by atoms with Gasteiger partial charge in [-0.25, -0.2) is 0 Å². The summed E-state index contributed by atoms with van der Waals surface area (Å²) in [5, 5.41) is 0. The standard InChI is InChI=1S/C12H16N2/c1-4-8-14(3)11(2)9-12-6-5-7-13-10-12/h1,5-7,10-11H,8-9H2,2-3H3/t11-/m1/s1. The maximum Gasteiger partial charge on any atom is 0.0598 e. The molecule has 0 radical (unpaired) electrons. The van der Waals surface area contributed by atoms with E-state index in [9.17, 15) is 0 Å². The summed E-state index contributed by atoms with van der Waals surface area (Å²) in [4.78, 5) is 6.24. The van der Waals surface area contributed by atoms with Crippen molar-refractivity contribution in [2.45, 2.75) is 19.4 Å². The van der Waals surface area contributed by atoms with Gasteiger partial charge in [-0.3, -0.25) is 9.88 Å². The van der Waals surface area contributed by atoms with E-state index >= 15 is 0 Å². The van der Waals surface area contributed by atoms with Crippen molar-refractivity contribution in [3.63, 3.8) is 0 Å². The molecule has 1 aromatic heterocycles. The average Bonchev–Trinajstić information content (AvgIpc) is 2.19. The van der Waals surface area contributed by atoms with Crippen LogP contribution in [-0.2, 0) is 6.42 Å². The van der Waals surface area contributed by atoms with E-state index < -0.39 is 0 Å². The highest BCUT2D eigenvalue weighted by Crippen LogP contribution is 2.05. The number of pyridine rings is 1. The molecule has 0 aromatic carbocycles. The number of terminal acetylenes is 1. The number of hydrogen-bond acceptors (Lipinski definition) is 2. The van der Waals surface area contributed by atoms with Gasteiger partial charge in [-0.1, -0.05) is 12.0 Å². The highest BCUT2D eigenvalue weighted by molar-refractivity contribution is 5.10. The molecule has 2 heteroatoms. The van der Waals surface area contributed by atoms with E-state index in [-0.39, 0.29) is 0 Å². The van der Waals surface area contributed by atoms with Crippen LogP contribution < -0.4 is 0 Å². The van der Waals surface area contributed by atoms with Gasteiger partial charge in [0.15, 0.2) is 0 Å². The summed E-state index contributed by atoms with van der Waals surface area (Å²) in [6.45, 7) is 2.87. The van der Waals surface area contributed by atoms with Gasteiger partial charge in [-0.05, 0) is 32.0 Å². The minimum atomic E-state index is 0.454. The highest BCUT2D eigenvalue weighted by Gasteiger charge is 2.08. The van der Waals surface area contributed by atoms with Crippen molar-refractivity contribution >= 4 is 0 Å². The fraction of sp³-hybridized carbons (Fsp3) is 0.417. The van der Waals surface area contributed by atoms with Crippen molar-refractivity contribution in [1.29, 1.82) is 0 Å². The predicted molar refractivity (Wildman–Crippen MR) is 58.9 cm³/mol.